The number of nitrogens with zero attached hydrogens (tertiary/aromatic N) is 1. The van der Waals surface area contributed by atoms with Gasteiger partial charge in [-0.3, -0.25) is 4.79 Å². The van der Waals surface area contributed by atoms with Crippen LogP contribution in [0.25, 0.3) is 0 Å². The Labute approximate surface area is 214 Å². The van der Waals surface area contributed by atoms with Crippen LogP contribution in [-0.2, 0) is 22.5 Å². The van der Waals surface area contributed by atoms with Crippen molar-refractivity contribution in [1.29, 1.82) is 0 Å². The lowest BCUT2D eigenvalue weighted by Crippen LogP contribution is -2.44. The first kappa shape index (κ1) is 28.9. The van der Waals surface area contributed by atoms with Crippen molar-refractivity contribution in [3.05, 3.63) is 65.7 Å². The molecule has 0 amide bonds. The minimum Gasteiger partial charge on any atom is -0.487 e. The van der Waals surface area contributed by atoms with E-state index in [1.54, 1.807) is 0 Å². The Hall–Kier alpha value is -2.33. The lowest BCUT2D eigenvalue weighted by Gasteiger charge is -2.32. The van der Waals surface area contributed by atoms with E-state index in [1.807, 2.05) is 32.0 Å². The van der Waals surface area contributed by atoms with Crippen LogP contribution in [0.15, 0.2) is 54.6 Å². The molecule has 4 heteroatoms. The van der Waals surface area contributed by atoms with Gasteiger partial charge in [0.25, 0.3) is 0 Å². The zero-order chi connectivity index (χ0) is 25.5. The van der Waals surface area contributed by atoms with Gasteiger partial charge in [0.2, 0.25) is 0 Å². The summed E-state index contributed by atoms with van der Waals surface area (Å²) in [6.07, 6.45) is 9.95. The average molecular weight is 483 g/mol. The van der Waals surface area contributed by atoms with Crippen molar-refractivity contribution in [1.82, 2.24) is 0 Å². The Kier molecular flexibility index (Phi) is 12.9. The van der Waals surface area contributed by atoms with E-state index in [0.29, 0.717) is 0 Å². The fraction of sp³-hybridized carbons (Fsp3) is 0.581. The molecule has 0 aromatic heterocycles. The van der Waals surface area contributed by atoms with Crippen LogP contribution >= 0.6 is 0 Å². The van der Waals surface area contributed by atoms with E-state index in [2.05, 4.69) is 57.4 Å². The number of carbonyl (C=O) groups excluding carboxylic acids is 1. The number of esters is 1. The Morgan fingerprint density at radius 3 is 2.20 bits per heavy atom. The molecule has 4 nitrogen and oxygen atoms in total. The molecule has 0 heterocycles. The van der Waals surface area contributed by atoms with E-state index in [9.17, 15) is 4.79 Å². The molecule has 0 aliphatic rings. The molecule has 0 fully saturated rings. The molecule has 0 N–H and O–H groups in total. The number of carbonyl (C=O) groups is 1. The summed E-state index contributed by atoms with van der Waals surface area (Å²) in [6, 6.07) is 18.7. The third-order valence-electron chi connectivity index (χ3n) is 6.43. The first-order chi connectivity index (χ1) is 16.8. The highest BCUT2D eigenvalue weighted by atomic mass is 16.6. The molecule has 0 spiro atoms. The SMILES string of the molecule is CCCCCCCCCc1ccccc1OC(C)COC(=O)C(C)C[N+](C)(C)Cc1ccccc1. The number of unbranched alkanes of at least 4 members (excludes halogenated alkanes) is 6. The second kappa shape index (κ2) is 15.6. The van der Waals surface area contributed by atoms with Crippen molar-refractivity contribution in [2.45, 2.75) is 84.8 Å². The standard InChI is InChI=1S/C31H48NO3/c1-6-7-8-9-10-11-15-20-29-21-16-17-22-30(29)35-27(3)25-34-31(33)26(2)23-32(4,5)24-28-18-13-12-14-19-28/h12-14,16-19,21-22,26-27H,6-11,15,20,23-25H2,1-5H3/q+1. The number of ether oxygens (including phenoxy) is 2. The largest absolute Gasteiger partial charge is 0.487 e. The van der Waals surface area contributed by atoms with E-state index in [-0.39, 0.29) is 24.6 Å². The summed E-state index contributed by atoms with van der Waals surface area (Å²) in [4.78, 5) is 12.7. The zero-order valence-corrected chi connectivity index (χ0v) is 22.8. The smallest absolute Gasteiger partial charge is 0.314 e. The quantitative estimate of drug-likeness (QED) is 0.136. The highest BCUT2D eigenvalue weighted by Gasteiger charge is 2.26. The average Bonchev–Trinajstić information content (AvgIpc) is 2.83. The third-order valence-corrected chi connectivity index (χ3v) is 6.43. The Morgan fingerprint density at radius 2 is 1.49 bits per heavy atom. The van der Waals surface area contributed by atoms with Gasteiger partial charge in [-0.15, -0.1) is 0 Å². The topological polar surface area (TPSA) is 35.5 Å². The molecular formula is C31H48NO3+. The van der Waals surface area contributed by atoms with Gasteiger partial charge >= 0.3 is 5.97 Å². The van der Waals surface area contributed by atoms with Crippen LogP contribution in [0.5, 0.6) is 5.75 Å². The number of para-hydroxylation sites is 1. The van der Waals surface area contributed by atoms with Crippen molar-refractivity contribution in [2.24, 2.45) is 5.92 Å². The van der Waals surface area contributed by atoms with Gasteiger partial charge in [0, 0.05) is 5.56 Å². The molecule has 0 bridgehead atoms. The van der Waals surface area contributed by atoms with Gasteiger partial charge in [0.1, 0.15) is 30.9 Å². The Morgan fingerprint density at radius 1 is 0.857 bits per heavy atom. The number of hydrogen-bond donors (Lipinski definition) is 0. The summed E-state index contributed by atoms with van der Waals surface area (Å²) in [5.41, 5.74) is 2.52. The van der Waals surface area contributed by atoms with Crippen LogP contribution in [0, 0.1) is 5.92 Å². The van der Waals surface area contributed by atoms with E-state index >= 15 is 0 Å². The molecule has 2 rings (SSSR count). The summed E-state index contributed by atoms with van der Waals surface area (Å²) >= 11 is 0. The highest BCUT2D eigenvalue weighted by Crippen LogP contribution is 2.22. The van der Waals surface area contributed by atoms with Gasteiger partial charge in [-0.05, 0) is 38.3 Å². The lowest BCUT2D eigenvalue weighted by atomic mass is 10.0. The summed E-state index contributed by atoms with van der Waals surface area (Å²) in [5, 5.41) is 0. The normalized spacial score (nSPS) is 13.3. The summed E-state index contributed by atoms with van der Waals surface area (Å²) < 4.78 is 12.6. The molecule has 0 aliphatic carbocycles. The van der Waals surface area contributed by atoms with Crippen LogP contribution in [0.3, 0.4) is 0 Å². The number of quaternary nitrogens is 1. The van der Waals surface area contributed by atoms with Crippen molar-refractivity contribution < 1.29 is 18.8 Å². The van der Waals surface area contributed by atoms with E-state index < -0.39 is 0 Å². The first-order valence-corrected chi connectivity index (χ1v) is 13.6. The van der Waals surface area contributed by atoms with Crippen molar-refractivity contribution >= 4 is 5.97 Å². The van der Waals surface area contributed by atoms with Crippen LogP contribution < -0.4 is 4.74 Å². The van der Waals surface area contributed by atoms with E-state index in [1.165, 1.54) is 56.1 Å². The fourth-order valence-corrected chi connectivity index (χ4v) is 4.65. The van der Waals surface area contributed by atoms with Crippen LogP contribution in [-0.4, -0.2) is 43.8 Å². The van der Waals surface area contributed by atoms with Gasteiger partial charge in [0.05, 0.1) is 20.6 Å². The van der Waals surface area contributed by atoms with Crippen molar-refractivity contribution in [3.8, 4) is 5.75 Å². The number of hydrogen-bond acceptors (Lipinski definition) is 3. The Bertz CT molecular complexity index is 849. The van der Waals surface area contributed by atoms with Crippen LogP contribution in [0.4, 0.5) is 0 Å². The summed E-state index contributed by atoms with van der Waals surface area (Å²) in [6.45, 7) is 8.06. The second-order valence-electron chi connectivity index (χ2n) is 10.7. The molecule has 0 aliphatic heterocycles. The highest BCUT2D eigenvalue weighted by molar-refractivity contribution is 5.72. The molecule has 2 atom stereocenters. The number of benzene rings is 2. The lowest BCUT2D eigenvalue weighted by molar-refractivity contribution is -0.905. The molecule has 2 aromatic carbocycles. The maximum Gasteiger partial charge on any atom is 0.314 e. The third kappa shape index (κ3) is 11.8. The molecule has 0 saturated carbocycles. The van der Waals surface area contributed by atoms with Gasteiger partial charge in [-0.1, -0.05) is 94.0 Å². The molecule has 2 aromatic rings. The molecular weight excluding hydrogens is 434 g/mol. The van der Waals surface area contributed by atoms with Gasteiger partial charge < -0.3 is 14.0 Å². The van der Waals surface area contributed by atoms with Crippen molar-refractivity contribution in [3.63, 3.8) is 0 Å². The summed E-state index contributed by atoms with van der Waals surface area (Å²) in [7, 11) is 4.31. The molecule has 35 heavy (non-hydrogen) atoms. The van der Waals surface area contributed by atoms with E-state index in [0.717, 1.165) is 29.7 Å². The minimum atomic E-state index is -0.187. The van der Waals surface area contributed by atoms with Gasteiger partial charge in [-0.2, -0.15) is 0 Å². The first-order valence-electron chi connectivity index (χ1n) is 13.6. The molecule has 0 saturated heterocycles. The molecule has 194 valence electrons. The van der Waals surface area contributed by atoms with Crippen LogP contribution in [0.1, 0.15) is 76.8 Å². The van der Waals surface area contributed by atoms with Crippen LogP contribution in [0.2, 0.25) is 0 Å². The van der Waals surface area contributed by atoms with E-state index in [4.69, 9.17) is 9.47 Å². The van der Waals surface area contributed by atoms with Gasteiger partial charge in [0.15, 0.2) is 0 Å². The Balaban J connectivity index is 1.74. The fourth-order valence-electron chi connectivity index (χ4n) is 4.65. The van der Waals surface area contributed by atoms with Crippen molar-refractivity contribution in [2.75, 3.05) is 27.2 Å². The molecule has 2 unspecified atom stereocenters. The predicted octanol–water partition coefficient (Wildman–Crippen LogP) is 7.20. The minimum absolute atomic E-state index is 0.156. The monoisotopic (exact) mass is 482 g/mol. The van der Waals surface area contributed by atoms with Gasteiger partial charge in [-0.25, -0.2) is 0 Å². The maximum atomic E-state index is 12.7. The predicted molar refractivity (Wildman–Crippen MR) is 145 cm³/mol. The molecule has 0 radical (unpaired) electrons. The maximum absolute atomic E-state index is 12.7. The number of aryl methyl sites for hydroxylation is 1. The number of rotatable bonds is 17. The second-order valence-corrected chi connectivity index (χ2v) is 10.7. The zero-order valence-electron chi connectivity index (χ0n) is 22.8. The summed E-state index contributed by atoms with van der Waals surface area (Å²) in [5.74, 6) is 0.581.